The molecule has 18 heavy (non-hydrogen) atoms. The highest BCUT2D eigenvalue weighted by Gasteiger charge is 2.20. The molecule has 0 radical (unpaired) electrons. The van der Waals surface area contributed by atoms with Crippen molar-refractivity contribution < 1.29 is 5.11 Å². The first kappa shape index (κ1) is 13.8. The van der Waals surface area contributed by atoms with Crippen LogP contribution in [0.4, 0.5) is 0 Å². The standard InChI is InChI=1S/C14H21BrN2O/c1-11-9-16(2)7-4-8-17(11)10-12-5-3-6-13(15)14(12)18/h3,5-6,11,18H,4,7-10H2,1-2H3. The van der Waals surface area contributed by atoms with Crippen molar-refractivity contribution in [3.8, 4) is 5.75 Å². The van der Waals surface area contributed by atoms with Gasteiger partial charge in [-0.2, -0.15) is 0 Å². The van der Waals surface area contributed by atoms with E-state index in [1.165, 1.54) is 6.42 Å². The van der Waals surface area contributed by atoms with Gasteiger partial charge < -0.3 is 10.0 Å². The first-order valence-corrected chi connectivity index (χ1v) is 7.26. The molecular formula is C14H21BrN2O. The van der Waals surface area contributed by atoms with Crippen LogP contribution >= 0.6 is 15.9 Å². The Bertz CT molecular complexity index is 411. The van der Waals surface area contributed by atoms with Crippen molar-refractivity contribution in [1.29, 1.82) is 0 Å². The Hall–Kier alpha value is -0.580. The summed E-state index contributed by atoms with van der Waals surface area (Å²) in [5, 5.41) is 10.1. The molecule has 0 spiro atoms. The number of benzene rings is 1. The molecule has 1 aromatic carbocycles. The summed E-state index contributed by atoms with van der Waals surface area (Å²) in [5.41, 5.74) is 1.00. The molecule has 1 atom stereocenters. The van der Waals surface area contributed by atoms with Gasteiger partial charge in [0.2, 0.25) is 0 Å². The number of nitrogens with zero attached hydrogens (tertiary/aromatic N) is 2. The van der Waals surface area contributed by atoms with Crippen LogP contribution in [0.25, 0.3) is 0 Å². The monoisotopic (exact) mass is 312 g/mol. The number of halogens is 1. The summed E-state index contributed by atoms with van der Waals surface area (Å²) in [7, 11) is 2.18. The van der Waals surface area contributed by atoms with Gasteiger partial charge in [-0.25, -0.2) is 0 Å². The van der Waals surface area contributed by atoms with Crippen LogP contribution in [0.3, 0.4) is 0 Å². The fourth-order valence-electron chi connectivity index (χ4n) is 2.56. The average molecular weight is 313 g/mol. The molecule has 0 aromatic heterocycles. The van der Waals surface area contributed by atoms with Gasteiger partial charge in [-0.15, -0.1) is 0 Å². The molecule has 1 fully saturated rings. The van der Waals surface area contributed by atoms with E-state index >= 15 is 0 Å². The SMILES string of the molecule is CC1CN(C)CCCN1Cc1cccc(Br)c1O. The summed E-state index contributed by atoms with van der Waals surface area (Å²) in [6, 6.07) is 6.38. The molecule has 2 rings (SSSR count). The first-order chi connectivity index (χ1) is 8.58. The van der Waals surface area contributed by atoms with E-state index in [2.05, 4.69) is 39.7 Å². The van der Waals surface area contributed by atoms with E-state index in [0.29, 0.717) is 11.8 Å². The molecule has 4 heteroatoms. The number of rotatable bonds is 2. The number of hydrogen-bond acceptors (Lipinski definition) is 3. The lowest BCUT2D eigenvalue weighted by Gasteiger charge is -2.28. The summed E-state index contributed by atoms with van der Waals surface area (Å²) >= 11 is 3.37. The molecule has 1 saturated heterocycles. The van der Waals surface area contributed by atoms with Gasteiger partial charge in [0.15, 0.2) is 0 Å². The van der Waals surface area contributed by atoms with Gasteiger partial charge in [-0.05, 0) is 48.9 Å². The van der Waals surface area contributed by atoms with E-state index in [9.17, 15) is 5.11 Å². The predicted molar refractivity (Wildman–Crippen MR) is 77.8 cm³/mol. The highest BCUT2D eigenvalue weighted by molar-refractivity contribution is 9.10. The molecule has 1 heterocycles. The average Bonchev–Trinajstić information content (AvgIpc) is 2.47. The van der Waals surface area contributed by atoms with Crippen LogP contribution in [0, 0.1) is 0 Å². The summed E-state index contributed by atoms with van der Waals surface area (Å²) in [6.07, 6.45) is 1.19. The van der Waals surface area contributed by atoms with Crippen LogP contribution in [0.1, 0.15) is 18.9 Å². The van der Waals surface area contributed by atoms with Gasteiger partial charge in [-0.3, -0.25) is 4.90 Å². The third-order valence-corrected chi connectivity index (χ3v) is 4.27. The fraction of sp³-hybridized carbons (Fsp3) is 0.571. The Morgan fingerprint density at radius 3 is 2.94 bits per heavy atom. The number of phenols is 1. The molecule has 3 nitrogen and oxygen atoms in total. The molecule has 1 aliphatic heterocycles. The van der Waals surface area contributed by atoms with Gasteiger partial charge in [0.25, 0.3) is 0 Å². The summed E-state index contributed by atoms with van der Waals surface area (Å²) in [5.74, 6) is 0.377. The van der Waals surface area contributed by atoms with Crippen molar-refractivity contribution in [3.63, 3.8) is 0 Å². The lowest BCUT2D eigenvalue weighted by atomic mass is 10.1. The molecule has 1 N–H and O–H groups in total. The third-order valence-electron chi connectivity index (χ3n) is 3.63. The molecular weight excluding hydrogens is 292 g/mol. The lowest BCUT2D eigenvalue weighted by Crippen LogP contribution is -2.37. The Kier molecular flexibility index (Phi) is 4.65. The fourth-order valence-corrected chi connectivity index (χ4v) is 2.97. The lowest BCUT2D eigenvalue weighted by molar-refractivity contribution is 0.193. The minimum Gasteiger partial charge on any atom is -0.506 e. The van der Waals surface area contributed by atoms with Crippen LogP contribution < -0.4 is 0 Å². The maximum atomic E-state index is 10.1. The van der Waals surface area contributed by atoms with Gasteiger partial charge >= 0.3 is 0 Å². The summed E-state index contributed by atoms with van der Waals surface area (Å²) in [4.78, 5) is 4.83. The van der Waals surface area contributed by atoms with E-state index in [-0.39, 0.29) is 0 Å². The van der Waals surface area contributed by atoms with Crippen LogP contribution in [-0.4, -0.2) is 47.6 Å². The van der Waals surface area contributed by atoms with Crippen molar-refractivity contribution in [2.45, 2.75) is 25.9 Å². The van der Waals surface area contributed by atoms with Crippen molar-refractivity contribution in [1.82, 2.24) is 9.80 Å². The largest absolute Gasteiger partial charge is 0.506 e. The summed E-state index contributed by atoms with van der Waals surface area (Å²) in [6.45, 7) is 6.43. The van der Waals surface area contributed by atoms with Crippen LogP contribution in [0.15, 0.2) is 22.7 Å². The Labute approximate surface area is 118 Å². The van der Waals surface area contributed by atoms with Crippen molar-refractivity contribution in [3.05, 3.63) is 28.2 Å². The molecule has 0 saturated carbocycles. The van der Waals surface area contributed by atoms with Crippen LogP contribution in [-0.2, 0) is 6.54 Å². The molecule has 0 aliphatic carbocycles. The van der Waals surface area contributed by atoms with E-state index in [1.807, 2.05) is 18.2 Å². The highest BCUT2D eigenvalue weighted by atomic mass is 79.9. The van der Waals surface area contributed by atoms with Crippen molar-refractivity contribution in [2.24, 2.45) is 0 Å². The minimum absolute atomic E-state index is 0.377. The highest BCUT2D eigenvalue weighted by Crippen LogP contribution is 2.29. The number of aromatic hydroxyl groups is 1. The van der Waals surface area contributed by atoms with E-state index in [1.54, 1.807) is 0 Å². The number of phenolic OH excluding ortho intramolecular Hbond substituents is 1. The zero-order valence-electron chi connectivity index (χ0n) is 11.1. The minimum atomic E-state index is 0.377. The predicted octanol–water partition coefficient (Wildman–Crippen LogP) is 2.68. The Morgan fingerprint density at radius 1 is 1.39 bits per heavy atom. The third kappa shape index (κ3) is 3.25. The normalized spacial score (nSPS) is 22.9. The second kappa shape index (κ2) is 6.04. The zero-order chi connectivity index (χ0) is 13.1. The second-order valence-electron chi connectivity index (χ2n) is 5.18. The van der Waals surface area contributed by atoms with Crippen LogP contribution in [0.2, 0.25) is 0 Å². The van der Waals surface area contributed by atoms with Gasteiger partial charge in [0.05, 0.1) is 4.47 Å². The molecule has 1 aromatic rings. The molecule has 0 amide bonds. The van der Waals surface area contributed by atoms with Gasteiger partial charge in [-0.1, -0.05) is 12.1 Å². The quantitative estimate of drug-likeness (QED) is 0.909. The summed E-state index contributed by atoms with van der Waals surface area (Å²) < 4.78 is 0.777. The van der Waals surface area contributed by atoms with Crippen LogP contribution in [0.5, 0.6) is 5.75 Å². The number of hydrogen-bond donors (Lipinski definition) is 1. The van der Waals surface area contributed by atoms with E-state index < -0.39 is 0 Å². The van der Waals surface area contributed by atoms with Gasteiger partial charge in [0, 0.05) is 31.2 Å². The van der Waals surface area contributed by atoms with Gasteiger partial charge in [0.1, 0.15) is 5.75 Å². The maximum absolute atomic E-state index is 10.1. The molecule has 0 bridgehead atoms. The zero-order valence-corrected chi connectivity index (χ0v) is 12.7. The van der Waals surface area contributed by atoms with E-state index in [0.717, 1.165) is 36.2 Å². The number of para-hydroxylation sites is 1. The van der Waals surface area contributed by atoms with E-state index in [4.69, 9.17) is 0 Å². The molecule has 1 aliphatic rings. The smallest absolute Gasteiger partial charge is 0.134 e. The molecule has 100 valence electrons. The second-order valence-corrected chi connectivity index (χ2v) is 6.04. The maximum Gasteiger partial charge on any atom is 0.134 e. The Balaban J connectivity index is 2.10. The first-order valence-electron chi connectivity index (χ1n) is 6.47. The Morgan fingerprint density at radius 2 is 2.17 bits per heavy atom. The topological polar surface area (TPSA) is 26.7 Å². The molecule has 1 unspecified atom stereocenters. The van der Waals surface area contributed by atoms with Crippen molar-refractivity contribution >= 4 is 15.9 Å². The van der Waals surface area contributed by atoms with Crippen molar-refractivity contribution in [2.75, 3.05) is 26.7 Å². The number of likely N-dealkylation sites (N-methyl/N-ethyl adjacent to an activating group) is 1.